The molecule has 3 aliphatic rings. The van der Waals surface area contributed by atoms with Crippen LogP contribution in [0.3, 0.4) is 0 Å². The molecule has 0 radical (unpaired) electrons. The van der Waals surface area contributed by atoms with Gasteiger partial charge in [0.25, 0.3) is 5.91 Å². The number of amides is 1. The topological polar surface area (TPSA) is 82.1 Å². The van der Waals surface area contributed by atoms with Gasteiger partial charge in [-0.15, -0.1) is 0 Å². The van der Waals surface area contributed by atoms with Crippen LogP contribution in [0.4, 0.5) is 0 Å². The number of benzene rings is 2. The van der Waals surface area contributed by atoms with Crippen molar-refractivity contribution in [2.24, 2.45) is 0 Å². The second-order valence-electron chi connectivity index (χ2n) is 9.71. The van der Waals surface area contributed by atoms with Gasteiger partial charge in [-0.05, 0) is 50.2 Å². The molecule has 7 heteroatoms. The zero-order chi connectivity index (χ0) is 23.4. The number of carbonyl (C=O) groups excluding carboxylic acids is 3. The minimum absolute atomic E-state index is 0.0158. The Kier molecular flexibility index (Phi) is 4.96. The number of hydrogen-bond acceptors (Lipinski definition) is 6. The fourth-order valence-electron chi connectivity index (χ4n) is 4.96. The molecular weight excluding hydrogens is 422 g/mol. The first-order valence-electron chi connectivity index (χ1n) is 11.2. The summed E-state index contributed by atoms with van der Waals surface area (Å²) in [5, 5.41) is 0. The van der Waals surface area contributed by atoms with E-state index in [-0.39, 0.29) is 30.3 Å². The van der Waals surface area contributed by atoms with E-state index in [1.807, 2.05) is 13.8 Å². The highest BCUT2D eigenvalue weighted by Gasteiger charge is 2.44. The maximum Gasteiger partial charge on any atom is 0.253 e. The van der Waals surface area contributed by atoms with E-state index >= 15 is 0 Å². The lowest BCUT2D eigenvalue weighted by molar-refractivity contribution is -0.00577. The third kappa shape index (κ3) is 3.86. The molecule has 2 aromatic carbocycles. The smallest absolute Gasteiger partial charge is 0.253 e. The predicted octanol–water partition coefficient (Wildman–Crippen LogP) is 4.08. The highest BCUT2D eigenvalue weighted by molar-refractivity contribution is 6.04. The summed E-state index contributed by atoms with van der Waals surface area (Å²) in [7, 11) is 1.57. The molecule has 1 fully saturated rings. The van der Waals surface area contributed by atoms with Gasteiger partial charge in [-0.2, -0.15) is 0 Å². The number of Topliss-reactive ketones (excluding diaryl/α,β-unsaturated/α-hetero) is 2. The monoisotopic (exact) mass is 449 g/mol. The third-order valence-corrected chi connectivity index (χ3v) is 6.76. The SMILES string of the molecule is COc1ccc2c(c1)C(=O)CC1(CCN(C(=O)c3ccc4c(c3)C(=O)CC(C)(C)O4)CC1)O2. The third-order valence-electron chi connectivity index (χ3n) is 6.76. The molecule has 0 saturated carbocycles. The van der Waals surface area contributed by atoms with E-state index < -0.39 is 11.2 Å². The largest absolute Gasteiger partial charge is 0.497 e. The van der Waals surface area contributed by atoms with E-state index in [9.17, 15) is 14.4 Å². The van der Waals surface area contributed by atoms with Crippen LogP contribution in [-0.4, -0.2) is 53.8 Å². The number of rotatable bonds is 2. The summed E-state index contributed by atoms with van der Waals surface area (Å²) in [6, 6.07) is 10.3. The van der Waals surface area contributed by atoms with Crippen LogP contribution >= 0.6 is 0 Å². The summed E-state index contributed by atoms with van der Waals surface area (Å²) in [5.41, 5.74) is 0.336. The fraction of sp³-hybridized carbons (Fsp3) is 0.423. The van der Waals surface area contributed by atoms with Gasteiger partial charge in [0.05, 0.1) is 31.1 Å². The summed E-state index contributed by atoms with van der Waals surface area (Å²) in [5.74, 6) is 1.61. The van der Waals surface area contributed by atoms with Gasteiger partial charge in [-0.1, -0.05) is 0 Å². The number of nitrogens with zero attached hydrogens (tertiary/aromatic N) is 1. The summed E-state index contributed by atoms with van der Waals surface area (Å²) in [6.07, 6.45) is 1.70. The number of ketones is 2. The van der Waals surface area contributed by atoms with Crippen LogP contribution in [0.25, 0.3) is 0 Å². The molecular formula is C26H27NO6. The zero-order valence-electron chi connectivity index (χ0n) is 19.1. The van der Waals surface area contributed by atoms with Crippen molar-refractivity contribution < 1.29 is 28.6 Å². The van der Waals surface area contributed by atoms with Gasteiger partial charge in [0.2, 0.25) is 0 Å². The number of ether oxygens (including phenoxy) is 3. The molecule has 0 N–H and O–H groups in total. The van der Waals surface area contributed by atoms with Crippen LogP contribution in [-0.2, 0) is 0 Å². The normalized spacial score (nSPS) is 20.4. The van der Waals surface area contributed by atoms with Crippen molar-refractivity contribution in [3.63, 3.8) is 0 Å². The molecule has 2 aromatic rings. The van der Waals surface area contributed by atoms with Crippen LogP contribution in [0.2, 0.25) is 0 Å². The molecule has 33 heavy (non-hydrogen) atoms. The van der Waals surface area contributed by atoms with Crippen LogP contribution < -0.4 is 14.2 Å². The summed E-state index contributed by atoms with van der Waals surface area (Å²) >= 11 is 0. The molecule has 0 bridgehead atoms. The number of methoxy groups -OCH3 is 1. The maximum absolute atomic E-state index is 13.2. The van der Waals surface area contributed by atoms with Gasteiger partial charge in [0.15, 0.2) is 11.6 Å². The van der Waals surface area contributed by atoms with Crippen molar-refractivity contribution in [1.82, 2.24) is 4.90 Å². The zero-order valence-corrected chi connectivity index (χ0v) is 19.1. The first kappa shape index (κ1) is 21.5. The van der Waals surface area contributed by atoms with E-state index in [2.05, 4.69) is 0 Å². The molecule has 0 unspecified atom stereocenters. The van der Waals surface area contributed by atoms with E-state index in [1.165, 1.54) is 0 Å². The number of carbonyl (C=O) groups is 3. The molecule has 1 saturated heterocycles. The average Bonchev–Trinajstić information content (AvgIpc) is 2.78. The molecule has 5 rings (SSSR count). The lowest BCUT2D eigenvalue weighted by Gasteiger charge is -2.44. The Morgan fingerprint density at radius 1 is 0.909 bits per heavy atom. The Morgan fingerprint density at radius 3 is 2.27 bits per heavy atom. The van der Waals surface area contributed by atoms with Crippen molar-refractivity contribution >= 4 is 17.5 Å². The first-order valence-corrected chi connectivity index (χ1v) is 11.2. The Labute approximate surface area is 192 Å². The van der Waals surface area contributed by atoms with Crippen LogP contribution in [0.15, 0.2) is 36.4 Å². The highest BCUT2D eigenvalue weighted by atomic mass is 16.5. The Morgan fingerprint density at radius 2 is 1.55 bits per heavy atom. The number of likely N-dealkylation sites (tertiary alicyclic amines) is 1. The molecule has 3 heterocycles. The lowest BCUT2D eigenvalue weighted by Crippen LogP contribution is -2.52. The Bertz CT molecular complexity index is 1160. The Hall–Kier alpha value is -3.35. The van der Waals surface area contributed by atoms with Gasteiger partial charge < -0.3 is 19.1 Å². The van der Waals surface area contributed by atoms with Gasteiger partial charge in [0.1, 0.15) is 28.5 Å². The van der Waals surface area contributed by atoms with Crippen LogP contribution in [0, 0.1) is 0 Å². The first-order chi connectivity index (χ1) is 15.7. The maximum atomic E-state index is 13.2. The minimum Gasteiger partial charge on any atom is -0.497 e. The average molecular weight is 450 g/mol. The molecule has 1 spiro atoms. The van der Waals surface area contributed by atoms with Crippen LogP contribution in [0.1, 0.15) is 70.6 Å². The molecule has 1 amide bonds. The van der Waals surface area contributed by atoms with Gasteiger partial charge in [-0.3, -0.25) is 14.4 Å². The van der Waals surface area contributed by atoms with Crippen molar-refractivity contribution in [2.75, 3.05) is 20.2 Å². The molecule has 172 valence electrons. The summed E-state index contributed by atoms with van der Waals surface area (Å²) < 4.78 is 17.4. The van der Waals surface area contributed by atoms with Crippen LogP contribution in [0.5, 0.6) is 17.2 Å². The number of piperidine rings is 1. The van der Waals surface area contributed by atoms with Gasteiger partial charge in [-0.25, -0.2) is 0 Å². The van der Waals surface area contributed by atoms with E-state index in [1.54, 1.807) is 48.4 Å². The molecule has 0 atom stereocenters. The second kappa shape index (κ2) is 7.61. The van der Waals surface area contributed by atoms with Crippen molar-refractivity contribution in [2.45, 2.75) is 50.7 Å². The number of fused-ring (bicyclic) bond motifs is 2. The van der Waals surface area contributed by atoms with E-state index in [0.717, 1.165) is 0 Å². The molecule has 0 aliphatic carbocycles. The molecule has 0 aromatic heterocycles. The minimum atomic E-state index is -0.597. The predicted molar refractivity (Wildman–Crippen MR) is 121 cm³/mol. The Balaban J connectivity index is 1.30. The van der Waals surface area contributed by atoms with Crippen molar-refractivity contribution in [3.8, 4) is 17.2 Å². The van der Waals surface area contributed by atoms with Crippen molar-refractivity contribution in [3.05, 3.63) is 53.1 Å². The lowest BCUT2D eigenvalue weighted by atomic mass is 9.82. The summed E-state index contributed by atoms with van der Waals surface area (Å²) in [4.78, 5) is 40.3. The quantitative estimate of drug-likeness (QED) is 0.687. The second-order valence-corrected chi connectivity index (χ2v) is 9.71. The standard InChI is InChI=1S/C26H27NO6/c1-25(2)14-20(28)18-12-16(4-6-22(18)32-25)24(30)27-10-8-26(9-11-27)15-21(29)19-13-17(31-3)5-7-23(19)33-26/h4-7,12-13H,8-11,14-15H2,1-3H3. The molecule has 3 aliphatic heterocycles. The van der Waals surface area contributed by atoms with E-state index in [0.29, 0.717) is 59.9 Å². The number of hydrogen-bond donors (Lipinski definition) is 0. The molecule has 7 nitrogen and oxygen atoms in total. The summed E-state index contributed by atoms with van der Waals surface area (Å²) in [6.45, 7) is 4.71. The van der Waals surface area contributed by atoms with Crippen molar-refractivity contribution in [1.29, 1.82) is 0 Å². The fourth-order valence-corrected chi connectivity index (χ4v) is 4.96. The van der Waals surface area contributed by atoms with E-state index in [4.69, 9.17) is 14.2 Å². The van der Waals surface area contributed by atoms with Gasteiger partial charge in [0, 0.05) is 31.5 Å². The highest BCUT2D eigenvalue weighted by Crippen LogP contribution is 2.41. The van der Waals surface area contributed by atoms with Gasteiger partial charge >= 0.3 is 0 Å².